The van der Waals surface area contributed by atoms with Crippen molar-refractivity contribution in [2.75, 3.05) is 13.2 Å². The van der Waals surface area contributed by atoms with Gasteiger partial charge in [-0.15, -0.1) is 0 Å². The second kappa shape index (κ2) is 11.2. The fourth-order valence-electron chi connectivity index (χ4n) is 1.98. The molecule has 0 rings (SSSR count). The molecule has 0 fully saturated rings. The Morgan fingerprint density at radius 2 is 1.67 bits per heavy atom. The zero-order valence-corrected chi connectivity index (χ0v) is 15.8. The molecule has 0 bridgehead atoms. The smallest absolute Gasteiger partial charge is 0.317 e. The average molecular weight is 344 g/mol. The van der Waals surface area contributed by atoms with Gasteiger partial charge in [-0.05, 0) is 54.4 Å². The molecule has 140 valence electrons. The fraction of sp³-hybridized carbons (Fsp3) is 0.833. The van der Waals surface area contributed by atoms with Crippen molar-refractivity contribution in [2.45, 2.75) is 78.9 Å². The summed E-state index contributed by atoms with van der Waals surface area (Å²) >= 11 is 0. The van der Waals surface area contributed by atoms with Crippen molar-refractivity contribution < 1.29 is 28.6 Å². The van der Waals surface area contributed by atoms with Gasteiger partial charge >= 0.3 is 11.9 Å². The first kappa shape index (κ1) is 22.6. The number of carbonyl (C=O) groups is 3. The molecule has 1 unspecified atom stereocenters. The Kier molecular flexibility index (Phi) is 10.5. The summed E-state index contributed by atoms with van der Waals surface area (Å²) in [6, 6.07) is 0. The Labute approximate surface area is 145 Å². The number of hydrogen-bond acceptors (Lipinski definition) is 6. The molecule has 6 nitrogen and oxygen atoms in total. The van der Waals surface area contributed by atoms with Crippen LogP contribution < -0.4 is 0 Å². The largest absolute Gasteiger partial charge is 0.466 e. The lowest BCUT2D eigenvalue weighted by Gasteiger charge is -2.23. The van der Waals surface area contributed by atoms with Crippen molar-refractivity contribution >= 4 is 17.7 Å². The van der Waals surface area contributed by atoms with E-state index in [2.05, 4.69) is 0 Å². The maximum atomic E-state index is 12.3. The van der Waals surface area contributed by atoms with Gasteiger partial charge in [-0.3, -0.25) is 14.4 Å². The number of Topliss-reactive ketones (excluding diaryl/α,β-unsaturated/α-hetero) is 1. The molecule has 0 aliphatic carbocycles. The van der Waals surface area contributed by atoms with E-state index in [0.29, 0.717) is 25.9 Å². The number of carbonyl (C=O) groups excluding carboxylic acids is 3. The number of rotatable bonds is 11. The third-order valence-corrected chi connectivity index (χ3v) is 3.07. The topological polar surface area (TPSA) is 78.9 Å². The first-order valence-corrected chi connectivity index (χ1v) is 8.59. The summed E-state index contributed by atoms with van der Waals surface area (Å²) < 4.78 is 15.5. The maximum Gasteiger partial charge on any atom is 0.317 e. The normalized spacial score (nSPS) is 12.8. The van der Waals surface area contributed by atoms with Crippen LogP contribution in [0.15, 0.2) is 0 Å². The van der Waals surface area contributed by atoms with Crippen LogP contribution in [0.2, 0.25) is 0 Å². The Morgan fingerprint density at radius 1 is 1.04 bits per heavy atom. The average Bonchev–Trinajstić information content (AvgIpc) is 2.43. The molecule has 0 aliphatic heterocycles. The molecule has 0 N–H and O–H groups in total. The molecule has 1 atom stereocenters. The van der Waals surface area contributed by atoms with Gasteiger partial charge in [-0.2, -0.15) is 0 Å². The monoisotopic (exact) mass is 344 g/mol. The van der Waals surface area contributed by atoms with Gasteiger partial charge in [0.15, 0.2) is 5.78 Å². The Hall–Kier alpha value is -1.43. The summed E-state index contributed by atoms with van der Waals surface area (Å²) in [6.07, 6.45) is 1.67. The number of ether oxygens (including phenoxy) is 3. The van der Waals surface area contributed by atoms with Crippen LogP contribution in [0.1, 0.15) is 67.2 Å². The van der Waals surface area contributed by atoms with Gasteiger partial charge in [0.25, 0.3) is 0 Å². The summed E-state index contributed by atoms with van der Waals surface area (Å²) in [7, 11) is 0. The molecular formula is C18H32O6. The molecule has 0 aliphatic rings. The highest BCUT2D eigenvalue weighted by molar-refractivity contribution is 5.99. The van der Waals surface area contributed by atoms with E-state index in [9.17, 15) is 14.4 Å². The highest BCUT2D eigenvalue weighted by atomic mass is 16.6. The summed E-state index contributed by atoms with van der Waals surface area (Å²) in [5.74, 6) is -1.93. The van der Waals surface area contributed by atoms with E-state index in [1.54, 1.807) is 27.7 Å². The quantitative estimate of drug-likeness (QED) is 0.326. The third-order valence-electron chi connectivity index (χ3n) is 3.07. The minimum atomic E-state index is -0.856. The van der Waals surface area contributed by atoms with Crippen LogP contribution in [0.25, 0.3) is 0 Å². The van der Waals surface area contributed by atoms with E-state index < -0.39 is 17.5 Å². The molecule has 0 amide bonds. The van der Waals surface area contributed by atoms with Crippen LogP contribution in [-0.2, 0) is 28.6 Å². The summed E-state index contributed by atoms with van der Waals surface area (Å²) in [4.78, 5) is 35.9. The minimum absolute atomic E-state index is 0.0861. The third kappa shape index (κ3) is 11.2. The van der Waals surface area contributed by atoms with E-state index in [4.69, 9.17) is 14.2 Å². The number of esters is 2. The molecule has 0 radical (unpaired) electrons. The molecule has 0 aromatic carbocycles. The van der Waals surface area contributed by atoms with Gasteiger partial charge < -0.3 is 14.2 Å². The highest BCUT2D eigenvalue weighted by Gasteiger charge is 2.30. The van der Waals surface area contributed by atoms with Crippen LogP contribution in [0, 0.1) is 5.92 Å². The van der Waals surface area contributed by atoms with Crippen molar-refractivity contribution in [3.8, 4) is 0 Å². The van der Waals surface area contributed by atoms with E-state index in [1.165, 1.54) is 0 Å². The van der Waals surface area contributed by atoms with Gasteiger partial charge in [0.1, 0.15) is 18.1 Å². The summed E-state index contributed by atoms with van der Waals surface area (Å²) in [6.45, 7) is 10.9. The SMILES string of the molecule is CCOC(=O)CCCCC(C(=O)COC(C)C)C(=O)OC(C)(C)C. The van der Waals surface area contributed by atoms with E-state index in [1.807, 2.05) is 13.8 Å². The van der Waals surface area contributed by atoms with Crippen LogP contribution in [-0.4, -0.2) is 42.6 Å². The first-order chi connectivity index (χ1) is 11.1. The van der Waals surface area contributed by atoms with Crippen LogP contribution in [0.3, 0.4) is 0 Å². The lowest BCUT2D eigenvalue weighted by atomic mass is 9.96. The number of unbranched alkanes of at least 4 members (excludes halogenated alkanes) is 1. The second-order valence-electron chi connectivity index (χ2n) is 6.96. The van der Waals surface area contributed by atoms with E-state index >= 15 is 0 Å². The van der Waals surface area contributed by atoms with Crippen molar-refractivity contribution in [2.24, 2.45) is 5.92 Å². The maximum absolute atomic E-state index is 12.3. The van der Waals surface area contributed by atoms with E-state index in [0.717, 1.165) is 0 Å². The zero-order valence-electron chi connectivity index (χ0n) is 15.8. The summed E-state index contributed by atoms with van der Waals surface area (Å²) in [5, 5.41) is 0. The molecule has 24 heavy (non-hydrogen) atoms. The number of ketones is 1. The second-order valence-corrected chi connectivity index (χ2v) is 6.96. The first-order valence-electron chi connectivity index (χ1n) is 8.59. The van der Waals surface area contributed by atoms with Crippen molar-refractivity contribution in [1.29, 1.82) is 0 Å². The molecular weight excluding hydrogens is 312 g/mol. The van der Waals surface area contributed by atoms with Crippen LogP contribution in [0.4, 0.5) is 0 Å². The van der Waals surface area contributed by atoms with Crippen molar-refractivity contribution in [3.05, 3.63) is 0 Å². The Balaban J connectivity index is 4.59. The molecule has 0 heterocycles. The van der Waals surface area contributed by atoms with Gasteiger partial charge in [-0.1, -0.05) is 6.42 Å². The van der Waals surface area contributed by atoms with Crippen LogP contribution in [0.5, 0.6) is 0 Å². The molecule has 6 heteroatoms. The predicted molar refractivity (Wildman–Crippen MR) is 90.5 cm³/mol. The Bertz CT molecular complexity index is 408. The molecule has 0 spiro atoms. The minimum Gasteiger partial charge on any atom is -0.466 e. The van der Waals surface area contributed by atoms with Crippen LogP contribution >= 0.6 is 0 Å². The number of hydrogen-bond donors (Lipinski definition) is 0. The molecule has 0 aromatic rings. The standard InChI is InChI=1S/C18H32O6/c1-7-22-16(20)11-9-8-10-14(15(19)12-23-13(2)3)17(21)24-18(4,5)6/h13-14H,7-12H2,1-6H3. The molecule has 0 saturated heterocycles. The predicted octanol–water partition coefficient (Wildman–Crippen LogP) is 3.06. The van der Waals surface area contributed by atoms with Gasteiger partial charge in [0, 0.05) is 6.42 Å². The van der Waals surface area contributed by atoms with Gasteiger partial charge in [0.2, 0.25) is 0 Å². The van der Waals surface area contributed by atoms with Gasteiger partial charge in [-0.25, -0.2) is 0 Å². The van der Waals surface area contributed by atoms with E-state index in [-0.39, 0.29) is 30.9 Å². The highest BCUT2D eigenvalue weighted by Crippen LogP contribution is 2.18. The summed E-state index contributed by atoms with van der Waals surface area (Å²) in [5.41, 5.74) is -0.653. The molecule has 0 aromatic heterocycles. The lowest BCUT2D eigenvalue weighted by Crippen LogP contribution is -2.35. The molecule has 0 saturated carbocycles. The zero-order chi connectivity index (χ0) is 18.8. The van der Waals surface area contributed by atoms with Crippen molar-refractivity contribution in [3.63, 3.8) is 0 Å². The van der Waals surface area contributed by atoms with Crippen molar-refractivity contribution in [1.82, 2.24) is 0 Å². The van der Waals surface area contributed by atoms with Gasteiger partial charge in [0.05, 0.1) is 12.7 Å². The Morgan fingerprint density at radius 3 is 2.17 bits per heavy atom. The lowest BCUT2D eigenvalue weighted by molar-refractivity contribution is -0.163. The fourth-order valence-corrected chi connectivity index (χ4v) is 1.98.